The molecule has 0 bridgehead atoms. The van der Waals surface area contributed by atoms with Crippen LogP contribution < -0.4 is 15.0 Å². The maximum absolute atomic E-state index is 12.4. The van der Waals surface area contributed by atoms with Crippen LogP contribution in [0.4, 0.5) is 5.69 Å². The summed E-state index contributed by atoms with van der Waals surface area (Å²) in [6.07, 6.45) is 0.645. The Labute approximate surface area is 153 Å². The van der Waals surface area contributed by atoms with Gasteiger partial charge in [0.2, 0.25) is 5.91 Å². The molecule has 1 aliphatic heterocycles. The van der Waals surface area contributed by atoms with Gasteiger partial charge in [0.05, 0.1) is 18.7 Å². The molecule has 0 aromatic heterocycles. The summed E-state index contributed by atoms with van der Waals surface area (Å²) in [5, 5.41) is 2.56. The van der Waals surface area contributed by atoms with Crippen molar-refractivity contribution in [2.24, 2.45) is 5.92 Å². The van der Waals surface area contributed by atoms with Crippen molar-refractivity contribution < 1.29 is 23.9 Å². The summed E-state index contributed by atoms with van der Waals surface area (Å²) in [5.41, 5.74) is 1.61. The van der Waals surface area contributed by atoms with Gasteiger partial charge >= 0.3 is 5.97 Å². The van der Waals surface area contributed by atoms with Crippen molar-refractivity contribution in [2.75, 3.05) is 25.1 Å². The Kier molecular flexibility index (Phi) is 6.38. The van der Waals surface area contributed by atoms with Crippen LogP contribution in [0.2, 0.25) is 0 Å². The number of hydrogen-bond acceptors (Lipinski definition) is 5. The zero-order chi connectivity index (χ0) is 19.3. The third kappa shape index (κ3) is 4.41. The number of carbonyl (C=O) groups excluding carboxylic acids is 3. The minimum atomic E-state index is -0.930. The fourth-order valence-electron chi connectivity index (χ4n) is 2.75. The standard InChI is InChI=1S/C19H24N2O5/c1-5-8-20-18(23)13(3)26-19(24)14-10-17(22)21(11-14)15-9-12(2)6-7-16(15)25-4/h5-7,9,13-14H,1,8,10-11H2,2-4H3,(H,20,23)/t13-,14-/m0/s1. The van der Waals surface area contributed by atoms with E-state index >= 15 is 0 Å². The lowest BCUT2D eigenvalue weighted by Crippen LogP contribution is -2.37. The number of amides is 2. The minimum absolute atomic E-state index is 0.0386. The lowest BCUT2D eigenvalue weighted by molar-refractivity contribution is -0.158. The van der Waals surface area contributed by atoms with E-state index in [0.29, 0.717) is 18.0 Å². The van der Waals surface area contributed by atoms with Crippen LogP contribution in [0.1, 0.15) is 18.9 Å². The van der Waals surface area contributed by atoms with Crippen molar-refractivity contribution in [3.63, 3.8) is 0 Å². The quantitative estimate of drug-likeness (QED) is 0.590. The van der Waals surface area contributed by atoms with Gasteiger partial charge in [-0.3, -0.25) is 14.4 Å². The third-order valence-corrected chi connectivity index (χ3v) is 4.17. The second kappa shape index (κ2) is 8.51. The number of anilines is 1. The highest BCUT2D eigenvalue weighted by molar-refractivity contribution is 6.00. The first kappa shape index (κ1) is 19.5. The van der Waals surface area contributed by atoms with E-state index in [0.717, 1.165) is 5.56 Å². The molecule has 1 aromatic rings. The molecule has 1 saturated heterocycles. The molecule has 0 saturated carbocycles. The number of esters is 1. The van der Waals surface area contributed by atoms with Crippen LogP contribution in [0, 0.1) is 12.8 Å². The Hall–Kier alpha value is -2.83. The molecule has 7 heteroatoms. The number of ether oxygens (including phenoxy) is 2. The molecule has 7 nitrogen and oxygen atoms in total. The molecule has 2 rings (SSSR count). The van der Waals surface area contributed by atoms with Gasteiger partial charge in [0, 0.05) is 19.5 Å². The number of benzene rings is 1. The second-order valence-corrected chi connectivity index (χ2v) is 6.19. The highest BCUT2D eigenvalue weighted by Gasteiger charge is 2.38. The molecule has 1 aliphatic rings. The van der Waals surface area contributed by atoms with Crippen molar-refractivity contribution in [2.45, 2.75) is 26.4 Å². The topological polar surface area (TPSA) is 84.9 Å². The Morgan fingerprint density at radius 2 is 2.19 bits per heavy atom. The van der Waals surface area contributed by atoms with Crippen LogP contribution in [-0.4, -0.2) is 44.1 Å². The Morgan fingerprint density at radius 1 is 1.46 bits per heavy atom. The molecular formula is C19H24N2O5. The summed E-state index contributed by atoms with van der Waals surface area (Å²) in [7, 11) is 1.53. The Morgan fingerprint density at radius 3 is 2.85 bits per heavy atom. The van der Waals surface area contributed by atoms with Gasteiger partial charge in [0.25, 0.3) is 5.91 Å². The first-order valence-corrected chi connectivity index (χ1v) is 8.41. The molecule has 0 aliphatic carbocycles. The molecule has 140 valence electrons. The highest BCUT2D eigenvalue weighted by Crippen LogP contribution is 2.34. The molecule has 26 heavy (non-hydrogen) atoms. The van der Waals surface area contributed by atoms with Crippen molar-refractivity contribution >= 4 is 23.5 Å². The summed E-state index contributed by atoms with van der Waals surface area (Å²) < 4.78 is 10.5. The van der Waals surface area contributed by atoms with E-state index in [1.807, 2.05) is 19.1 Å². The lowest BCUT2D eigenvalue weighted by Gasteiger charge is -2.20. The summed E-state index contributed by atoms with van der Waals surface area (Å²) in [4.78, 5) is 38.1. The van der Waals surface area contributed by atoms with E-state index in [1.54, 1.807) is 6.07 Å². The number of nitrogens with one attached hydrogen (secondary N) is 1. The van der Waals surface area contributed by atoms with Gasteiger partial charge in [-0.25, -0.2) is 0 Å². The van der Waals surface area contributed by atoms with Crippen LogP contribution >= 0.6 is 0 Å². The number of hydrogen-bond donors (Lipinski definition) is 1. The third-order valence-electron chi connectivity index (χ3n) is 4.17. The van der Waals surface area contributed by atoms with Crippen molar-refractivity contribution in [1.82, 2.24) is 5.32 Å². The van der Waals surface area contributed by atoms with E-state index in [9.17, 15) is 14.4 Å². The molecule has 1 N–H and O–H groups in total. The molecule has 0 unspecified atom stereocenters. The number of nitrogens with zero attached hydrogens (tertiary/aromatic N) is 1. The van der Waals surface area contributed by atoms with Crippen molar-refractivity contribution in [1.29, 1.82) is 0 Å². The SMILES string of the molecule is C=CCNC(=O)[C@H](C)OC(=O)[C@H]1CC(=O)N(c2cc(C)ccc2OC)C1. The average molecular weight is 360 g/mol. The van der Waals surface area contributed by atoms with Gasteiger partial charge in [-0.05, 0) is 31.5 Å². The zero-order valence-corrected chi connectivity index (χ0v) is 15.3. The monoisotopic (exact) mass is 360 g/mol. The molecule has 0 radical (unpaired) electrons. The van der Waals surface area contributed by atoms with Crippen LogP contribution in [0.15, 0.2) is 30.9 Å². The normalized spacial score (nSPS) is 17.6. The number of aryl methyl sites for hydroxylation is 1. The molecule has 1 aromatic carbocycles. The number of rotatable bonds is 7. The van der Waals surface area contributed by atoms with Crippen LogP contribution in [0.3, 0.4) is 0 Å². The molecular weight excluding hydrogens is 336 g/mol. The number of methoxy groups -OCH3 is 1. The summed E-state index contributed by atoms with van der Waals surface area (Å²) >= 11 is 0. The summed E-state index contributed by atoms with van der Waals surface area (Å²) in [6.45, 7) is 7.40. The van der Waals surface area contributed by atoms with E-state index < -0.39 is 23.9 Å². The first-order chi connectivity index (χ1) is 12.4. The maximum atomic E-state index is 12.4. The van der Waals surface area contributed by atoms with Gasteiger partial charge < -0.3 is 19.7 Å². The van der Waals surface area contributed by atoms with Gasteiger partial charge in [-0.1, -0.05) is 12.1 Å². The van der Waals surface area contributed by atoms with E-state index in [-0.39, 0.29) is 18.9 Å². The largest absolute Gasteiger partial charge is 0.495 e. The smallest absolute Gasteiger partial charge is 0.312 e. The Balaban J connectivity index is 2.05. The van der Waals surface area contributed by atoms with Crippen molar-refractivity contribution in [3.8, 4) is 5.75 Å². The lowest BCUT2D eigenvalue weighted by atomic mass is 10.1. The van der Waals surface area contributed by atoms with Crippen LogP contribution in [0.25, 0.3) is 0 Å². The van der Waals surface area contributed by atoms with Crippen molar-refractivity contribution in [3.05, 3.63) is 36.4 Å². The molecule has 2 amide bonds. The predicted octanol–water partition coefficient (Wildman–Crippen LogP) is 1.59. The molecule has 1 heterocycles. The summed E-state index contributed by atoms with van der Waals surface area (Å²) in [5.74, 6) is -1.20. The van der Waals surface area contributed by atoms with Crippen LogP contribution in [0.5, 0.6) is 5.75 Å². The fraction of sp³-hybridized carbons (Fsp3) is 0.421. The zero-order valence-electron chi connectivity index (χ0n) is 15.3. The highest BCUT2D eigenvalue weighted by atomic mass is 16.5. The summed E-state index contributed by atoms with van der Waals surface area (Å²) in [6, 6.07) is 5.52. The van der Waals surface area contributed by atoms with Gasteiger partial charge in [-0.2, -0.15) is 0 Å². The predicted molar refractivity (Wildman–Crippen MR) is 97.0 cm³/mol. The minimum Gasteiger partial charge on any atom is -0.495 e. The van der Waals surface area contributed by atoms with E-state index in [2.05, 4.69) is 11.9 Å². The van der Waals surface area contributed by atoms with Gasteiger partial charge in [0.1, 0.15) is 5.75 Å². The number of carbonyl (C=O) groups is 3. The van der Waals surface area contributed by atoms with Crippen LogP contribution in [-0.2, 0) is 19.1 Å². The molecule has 2 atom stereocenters. The first-order valence-electron chi connectivity index (χ1n) is 8.41. The maximum Gasteiger partial charge on any atom is 0.312 e. The van der Waals surface area contributed by atoms with Gasteiger partial charge in [-0.15, -0.1) is 6.58 Å². The second-order valence-electron chi connectivity index (χ2n) is 6.19. The average Bonchev–Trinajstić information content (AvgIpc) is 3.01. The van der Waals surface area contributed by atoms with E-state index in [1.165, 1.54) is 25.0 Å². The van der Waals surface area contributed by atoms with E-state index in [4.69, 9.17) is 9.47 Å². The fourth-order valence-corrected chi connectivity index (χ4v) is 2.75. The van der Waals surface area contributed by atoms with Gasteiger partial charge in [0.15, 0.2) is 6.10 Å². The molecule has 1 fully saturated rings. The Bertz CT molecular complexity index is 716. The molecule has 0 spiro atoms.